The summed E-state index contributed by atoms with van der Waals surface area (Å²) >= 11 is 1.36. The summed E-state index contributed by atoms with van der Waals surface area (Å²) in [5, 5.41) is 9.18. The summed E-state index contributed by atoms with van der Waals surface area (Å²) < 4.78 is 7.72. The van der Waals surface area contributed by atoms with Crippen molar-refractivity contribution in [3.05, 3.63) is 126 Å². The van der Waals surface area contributed by atoms with Gasteiger partial charge in [0.2, 0.25) is 0 Å². The van der Waals surface area contributed by atoms with E-state index in [-0.39, 0.29) is 17.2 Å². The second kappa shape index (κ2) is 8.77. The number of allylic oxidation sites excluding steroid dienone is 1. The number of benzene rings is 3. The van der Waals surface area contributed by atoms with E-state index in [1.807, 2.05) is 30.3 Å². The highest BCUT2D eigenvalue weighted by Crippen LogP contribution is 2.41. The lowest BCUT2D eigenvalue weighted by Crippen LogP contribution is -2.38. The summed E-state index contributed by atoms with van der Waals surface area (Å²) in [6.45, 7) is 0. The van der Waals surface area contributed by atoms with Gasteiger partial charge in [-0.3, -0.25) is 9.36 Å². The fourth-order valence-electron chi connectivity index (χ4n) is 4.98. The van der Waals surface area contributed by atoms with Crippen LogP contribution in [0.4, 0.5) is 0 Å². The third-order valence-corrected chi connectivity index (χ3v) is 7.74. The van der Waals surface area contributed by atoms with Crippen molar-refractivity contribution < 1.29 is 14.6 Å². The summed E-state index contributed by atoms with van der Waals surface area (Å²) in [5.74, 6) is -0.217. The third kappa shape index (κ3) is 3.69. The van der Waals surface area contributed by atoms with Gasteiger partial charge in [0.05, 0.1) is 28.9 Å². The van der Waals surface area contributed by atoms with E-state index < -0.39 is 5.97 Å². The van der Waals surface area contributed by atoms with E-state index in [0.29, 0.717) is 9.33 Å². The van der Waals surface area contributed by atoms with Crippen molar-refractivity contribution in [1.82, 2.24) is 4.57 Å². The van der Waals surface area contributed by atoms with Crippen molar-refractivity contribution in [1.29, 1.82) is 0 Å². The Bertz CT molecular complexity index is 1710. The number of aromatic nitrogens is 1. The van der Waals surface area contributed by atoms with Crippen molar-refractivity contribution in [2.45, 2.75) is 18.9 Å². The molecule has 36 heavy (non-hydrogen) atoms. The Morgan fingerprint density at radius 3 is 2.53 bits per heavy atom. The van der Waals surface area contributed by atoms with E-state index in [0.717, 1.165) is 46.6 Å². The highest BCUT2D eigenvalue weighted by atomic mass is 32.1. The summed E-state index contributed by atoms with van der Waals surface area (Å²) in [6.07, 6.45) is 3.53. The van der Waals surface area contributed by atoms with Crippen molar-refractivity contribution in [3.63, 3.8) is 0 Å². The highest BCUT2D eigenvalue weighted by molar-refractivity contribution is 7.07. The van der Waals surface area contributed by atoms with E-state index >= 15 is 0 Å². The molecular weight excluding hydrogens is 472 g/mol. The van der Waals surface area contributed by atoms with Crippen LogP contribution in [0.5, 0.6) is 5.75 Å². The lowest BCUT2D eigenvalue weighted by Gasteiger charge is -2.30. The summed E-state index contributed by atoms with van der Waals surface area (Å²) in [7, 11) is 1.64. The fourth-order valence-corrected chi connectivity index (χ4v) is 5.98. The van der Waals surface area contributed by atoms with Gasteiger partial charge in [0.25, 0.3) is 5.56 Å². The Kier molecular flexibility index (Phi) is 5.42. The molecule has 0 amide bonds. The van der Waals surface area contributed by atoms with Gasteiger partial charge in [-0.05, 0) is 65.4 Å². The van der Waals surface area contributed by atoms with Gasteiger partial charge in [-0.1, -0.05) is 59.9 Å². The molecule has 3 aromatic carbocycles. The number of aryl methyl sites for hydroxylation is 1. The number of carboxylic acids is 1. The Hall–Kier alpha value is -4.23. The normalized spacial score (nSPS) is 16.6. The van der Waals surface area contributed by atoms with E-state index in [9.17, 15) is 14.7 Å². The SMILES string of the molecule is COc1ccc(C2C3=C(N=c4s/c(=C\c5ccc(C(=O)O)cc5)c(=O)n42)c2ccccc2CC3)cc1. The average molecular weight is 495 g/mol. The van der Waals surface area contributed by atoms with Gasteiger partial charge < -0.3 is 9.84 Å². The molecule has 0 saturated heterocycles. The van der Waals surface area contributed by atoms with Crippen LogP contribution < -0.4 is 19.6 Å². The van der Waals surface area contributed by atoms with Gasteiger partial charge in [0.1, 0.15) is 5.75 Å². The van der Waals surface area contributed by atoms with Crippen molar-refractivity contribution in [3.8, 4) is 5.75 Å². The number of nitrogens with zero attached hydrogens (tertiary/aromatic N) is 2. The molecule has 0 radical (unpaired) electrons. The van der Waals surface area contributed by atoms with E-state index in [4.69, 9.17) is 9.73 Å². The largest absolute Gasteiger partial charge is 0.497 e. The first kappa shape index (κ1) is 22.2. The van der Waals surface area contributed by atoms with E-state index in [2.05, 4.69) is 18.2 Å². The number of fused-ring (bicyclic) bond motifs is 3. The highest BCUT2D eigenvalue weighted by Gasteiger charge is 2.32. The van der Waals surface area contributed by atoms with Gasteiger partial charge in [0, 0.05) is 5.56 Å². The van der Waals surface area contributed by atoms with Gasteiger partial charge in [-0.15, -0.1) is 0 Å². The number of rotatable bonds is 4. The zero-order valence-corrected chi connectivity index (χ0v) is 20.3. The Balaban J connectivity index is 1.56. The smallest absolute Gasteiger partial charge is 0.335 e. The van der Waals surface area contributed by atoms with Crippen LogP contribution in [0, 0.1) is 0 Å². The molecule has 7 heteroatoms. The second-order valence-electron chi connectivity index (χ2n) is 8.81. The quantitative estimate of drug-likeness (QED) is 0.465. The molecule has 178 valence electrons. The summed E-state index contributed by atoms with van der Waals surface area (Å²) in [6, 6.07) is 22.5. The molecule has 2 heterocycles. The maximum Gasteiger partial charge on any atom is 0.335 e. The molecule has 1 aliphatic carbocycles. The maximum atomic E-state index is 13.8. The number of thiazole rings is 1. The average Bonchev–Trinajstić information content (AvgIpc) is 3.22. The van der Waals surface area contributed by atoms with Crippen molar-refractivity contribution >= 4 is 29.1 Å². The minimum absolute atomic E-state index is 0.104. The number of methoxy groups -OCH3 is 1. The number of carboxylic acid groups (broad SMARTS) is 1. The van der Waals surface area contributed by atoms with Gasteiger partial charge in [0.15, 0.2) is 4.80 Å². The van der Waals surface area contributed by atoms with E-state index in [1.165, 1.54) is 16.9 Å². The topological polar surface area (TPSA) is 80.9 Å². The van der Waals surface area contributed by atoms with Gasteiger partial charge >= 0.3 is 5.97 Å². The molecule has 1 N–H and O–H groups in total. The zero-order valence-electron chi connectivity index (χ0n) is 19.5. The Labute approximate surface area is 210 Å². The molecule has 1 aromatic heterocycles. The lowest BCUT2D eigenvalue weighted by atomic mass is 9.83. The first-order chi connectivity index (χ1) is 17.5. The van der Waals surface area contributed by atoms with Crippen LogP contribution in [0.1, 0.15) is 45.1 Å². The second-order valence-corrected chi connectivity index (χ2v) is 9.82. The predicted octanol–water partition coefficient (Wildman–Crippen LogP) is 4.03. The lowest BCUT2D eigenvalue weighted by molar-refractivity contribution is 0.0697. The van der Waals surface area contributed by atoms with Crippen LogP contribution in [-0.2, 0) is 6.42 Å². The number of aromatic carboxylic acids is 1. The molecular formula is C29H22N2O4S. The molecule has 0 spiro atoms. The van der Waals surface area contributed by atoms with Crippen LogP contribution in [0.3, 0.4) is 0 Å². The molecule has 1 atom stereocenters. The monoisotopic (exact) mass is 494 g/mol. The molecule has 0 saturated carbocycles. The molecule has 0 bridgehead atoms. The summed E-state index contributed by atoms with van der Waals surface area (Å²) in [5.41, 5.74) is 6.37. The van der Waals surface area contributed by atoms with Crippen LogP contribution in [-0.4, -0.2) is 22.8 Å². The van der Waals surface area contributed by atoms with Crippen LogP contribution >= 0.6 is 11.3 Å². The summed E-state index contributed by atoms with van der Waals surface area (Å²) in [4.78, 5) is 30.6. The number of carbonyl (C=O) groups is 1. The van der Waals surface area contributed by atoms with Crippen LogP contribution in [0.2, 0.25) is 0 Å². The number of hydrogen-bond donors (Lipinski definition) is 1. The maximum absolute atomic E-state index is 13.8. The fraction of sp³-hybridized carbons (Fsp3) is 0.138. The van der Waals surface area contributed by atoms with Gasteiger partial charge in [-0.2, -0.15) is 0 Å². The van der Waals surface area contributed by atoms with Crippen LogP contribution in [0.25, 0.3) is 11.8 Å². The molecule has 6 nitrogen and oxygen atoms in total. The Morgan fingerprint density at radius 1 is 1.06 bits per heavy atom. The first-order valence-electron chi connectivity index (χ1n) is 11.6. The Morgan fingerprint density at radius 2 is 1.81 bits per heavy atom. The molecule has 1 aliphatic heterocycles. The minimum atomic E-state index is -0.980. The molecule has 0 fully saturated rings. The number of hydrogen-bond acceptors (Lipinski definition) is 5. The third-order valence-electron chi connectivity index (χ3n) is 6.76. The predicted molar refractivity (Wildman–Crippen MR) is 139 cm³/mol. The molecule has 2 aliphatic rings. The van der Waals surface area contributed by atoms with E-state index in [1.54, 1.807) is 42.0 Å². The van der Waals surface area contributed by atoms with Crippen LogP contribution in [0.15, 0.2) is 88.2 Å². The molecule has 1 unspecified atom stereocenters. The van der Waals surface area contributed by atoms with Gasteiger partial charge in [-0.25, -0.2) is 9.79 Å². The van der Waals surface area contributed by atoms with Crippen molar-refractivity contribution in [2.24, 2.45) is 4.99 Å². The van der Waals surface area contributed by atoms with Crippen molar-refractivity contribution in [2.75, 3.05) is 7.11 Å². The standard InChI is InChI=1S/C29H22N2O4S/c1-35-21-13-10-19(11-14-21)26-23-15-12-18-4-2-3-5-22(18)25(23)30-29-31(26)27(32)24(36-29)16-17-6-8-20(9-7-17)28(33)34/h2-11,13-14,16,26H,12,15H2,1H3,(H,33,34)/b24-16-. The first-order valence-corrected chi connectivity index (χ1v) is 12.5. The molecule has 6 rings (SSSR count). The minimum Gasteiger partial charge on any atom is -0.497 e. The zero-order chi connectivity index (χ0) is 24.8. The number of ether oxygens (including phenoxy) is 1. The molecule has 4 aromatic rings.